The monoisotopic (exact) mass is 184 g/mol. The molecule has 0 aliphatic heterocycles. The Balaban J connectivity index is 3.08. The van der Waals surface area contributed by atoms with Gasteiger partial charge in [-0.05, 0) is 0 Å². The Labute approximate surface area is 73.4 Å². The number of carboxylic acid groups (broad SMARTS) is 1. The first-order chi connectivity index (χ1) is 6.04. The van der Waals surface area contributed by atoms with Crippen LogP contribution in [0.25, 0.3) is 0 Å². The molecule has 0 radical (unpaired) electrons. The first kappa shape index (κ1) is 9.17. The van der Waals surface area contributed by atoms with E-state index < -0.39 is 11.9 Å². The summed E-state index contributed by atoms with van der Waals surface area (Å²) in [6, 6.07) is 0. The number of carbonyl (C=O) groups is 2. The van der Waals surface area contributed by atoms with Gasteiger partial charge in [-0.3, -0.25) is 4.79 Å². The Bertz CT molecular complexity index is 343. The van der Waals surface area contributed by atoms with E-state index in [1.807, 2.05) is 0 Å². The van der Waals surface area contributed by atoms with Gasteiger partial charge in [-0.25, -0.2) is 4.79 Å². The second-order valence-corrected chi connectivity index (χ2v) is 2.53. The Hall–Kier alpha value is -1.92. The van der Waals surface area contributed by atoms with E-state index >= 15 is 0 Å². The van der Waals surface area contributed by atoms with Crippen LogP contribution >= 0.6 is 0 Å². The summed E-state index contributed by atoms with van der Waals surface area (Å²) in [6.45, 7) is 0. The molecular formula is C6H8N4O3. The SMILES string of the molecule is CN(C)C(=O)c1n[nH]nc1C(=O)O. The Morgan fingerprint density at radius 2 is 1.85 bits per heavy atom. The van der Waals surface area contributed by atoms with Crippen LogP contribution in [0, 0.1) is 0 Å². The highest BCUT2D eigenvalue weighted by atomic mass is 16.4. The molecule has 0 aliphatic carbocycles. The number of aromatic carboxylic acids is 1. The lowest BCUT2D eigenvalue weighted by Crippen LogP contribution is -2.24. The lowest BCUT2D eigenvalue weighted by molar-refractivity contribution is 0.0678. The average molecular weight is 184 g/mol. The summed E-state index contributed by atoms with van der Waals surface area (Å²) in [5.74, 6) is -1.77. The normalized spacial score (nSPS) is 9.69. The van der Waals surface area contributed by atoms with Gasteiger partial charge in [-0.1, -0.05) is 0 Å². The first-order valence-corrected chi connectivity index (χ1v) is 3.39. The van der Waals surface area contributed by atoms with Gasteiger partial charge in [0.2, 0.25) is 5.69 Å². The topological polar surface area (TPSA) is 99.2 Å². The molecule has 0 bridgehead atoms. The maximum atomic E-state index is 11.3. The van der Waals surface area contributed by atoms with Gasteiger partial charge in [0, 0.05) is 14.1 Å². The molecule has 0 unspecified atom stereocenters. The molecule has 0 aromatic carbocycles. The van der Waals surface area contributed by atoms with Crippen molar-refractivity contribution < 1.29 is 14.7 Å². The lowest BCUT2D eigenvalue weighted by Gasteiger charge is -2.06. The van der Waals surface area contributed by atoms with E-state index in [1.54, 1.807) is 0 Å². The number of amides is 1. The van der Waals surface area contributed by atoms with Gasteiger partial charge in [0.05, 0.1) is 0 Å². The van der Waals surface area contributed by atoms with E-state index in [4.69, 9.17) is 5.11 Å². The van der Waals surface area contributed by atoms with Gasteiger partial charge in [0.1, 0.15) is 0 Å². The molecule has 1 heterocycles. The molecule has 1 rings (SSSR count). The molecule has 7 nitrogen and oxygen atoms in total. The van der Waals surface area contributed by atoms with Crippen molar-refractivity contribution in [1.82, 2.24) is 20.3 Å². The Kier molecular flexibility index (Phi) is 2.27. The highest BCUT2D eigenvalue weighted by Gasteiger charge is 2.22. The molecule has 1 aromatic rings. The number of carboxylic acids is 1. The van der Waals surface area contributed by atoms with Crippen molar-refractivity contribution in [2.75, 3.05) is 14.1 Å². The van der Waals surface area contributed by atoms with Crippen LogP contribution < -0.4 is 0 Å². The van der Waals surface area contributed by atoms with Gasteiger partial charge in [0.15, 0.2) is 5.69 Å². The number of nitrogens with one attached hydrogen (secondary N) is 1. The number of H-pyrrole nitrogens is 1. The van der Waals surface area contributed by atoms with Crippen LogP contribution in [0.3, 0.4) is 0 Å². The minimum atomic E-state index is -1.28. The Morgan fingerprint density at radius 3 is 2.31 bits per heavy atom. The van der Waals surface area contributed by atoms with Crippen molar-refractivity contribution in [2.45, 2.75) is 0 Å². The molecule has 0 saturated carbocycles. The van der Waals surface area contributed by atoms with Crippen molar-refractivity contribution in [3.8, 4) is 0 Å². The van der Waals surface area contributed by atoms with E-state index in [9.17, 15) is 9.59 Å². The number of rotatable bonds is 2. The molecule has 7 heteroatoms. The van der Waals surface area contributed by atoms with Gasteiger partial charge in [-0.15, -0.1) is 10.2 Å². The molecule has 2 N–H and O–H groups in total. The molecule has 13 heavy (non-hydrogen) atoms. The first-order valence-electron chi connectivity index (χ1n) is 3.39. The van der Waals surface area contributed by atoms with Gasteiger partial charge >= 0.3 is 5.97 Å². The molecule has 0 fully saturated rings. The number of carbonyl (C=O) groups excluding carboxylic acids is 1. The number of aromatic nitrogens is 3. The molecule has 1 aromatic heterocycles. The molecule has 0 atom stereocenters. The van der Waals surface area contributed by atoms with E-state index in [1.165, 1.54) is 19.0 Å². The van der Waals surface area contributed by atoms with Crippen LogP contribution in [-0.2, 0) is 0 Å². The second kappa shape index (κ2) is 3.21. The Morgan fingerprint density at radius 1 is 1.31 bits per heavy atom. The number of hydrogen-bond donors (Lipinski definition) is 2. The molecule has 0 spiro atoms. The second-order valence-electron chi connectivity index (χ2n) is 2.53. The predicted octanol–water partition coefficient (Wildman–Crippen LogP) is -0.795. The van der Waals surface area contributed by atoms with E-state index in [0.717, 1.165) is 0 Å². The van der Waals surface area contributed by atoms with Crippen LogP contribution in [0.5, 0.6) is 0 Å². The summed E-state index contributed by atoms with van der Waals surface area (Å²) < 4.78 is 0. The predicted molar refractivity (Wildman–Crippen MR) is 41.4 cm³/mol. The highest BCUT2D eigenvalue weighted by Crippen LogP contribution is 2.02. The number of aromatic amines is 1. The quantitative estimate of drug-likeness (QED) is 0.627. The zero-order valence-corrected chi connectivity index (χ0v) is 7.11. The summed E-state index contributed by atoms with van der Waals surface area (Å²) in [5, 5.41) is 17.5. The van der Waals surface area contributed by atoms with Crippen LogP contribution in [-0.4, -0.2) is 51.4 Å². The summed E-state index contributed by atoms with van der Waals surface area (Å²) in [5.41, 5.74) is -0.545. The molecule has 1 amide bonds. The van der Waals surface area contributed by atoms with Crippen LogP contribution in [0.4, 0.5) is 0 Å². The fourth-order valence-electron chi connectivity index (χ4n) is 0.741. The largest absolute Gasteiger partial charge is 0.476 e. The number of nitrogens with zero attached hydrogens (tertiary/aromatic N) is 3. The van der Waals surface area contributed by atoms with Crippen LogP contribution in [0.15, 0.2) is 0 Å². The zero-order chi connectivity index (χ0) is 10.0. The molecule has 0 aliphatic rings. The molecule has 0 saturated heterocycles. The summed E-state index contributed by atoms with van der Waals surface area (Å²) in [7, 11) is 3.01. The van der Waals surface area contributed by atoms with Crippen molar-refractivity contribution in [3.63, 3.8) is 0 Å². The third-order valence-electron chi connectivity index (χ3n) is 1.36. The standard InChI is InChI=1S/C6H8N4O3/c1-10(2)5(11)3-4(6(12)13)8-9-7-3/h1-2H3,(H,12,13)(H,7,8,9). The zero-order valence-electron chi connectivity index (χ0n) is 7.11. The fourth-order valence-corrected chi connectivity index (χ4v) is 0.741. The number of hydrogen-bond acceptors (Lipinski definition) is 4. The van der Waals surface area contributed by atoms with Crippen LogP contribution in [0.1, 0.15) is 21.0 Å². The summed E-state index contributed by atoms with van der Waals surface area (Å²) in [6.07, 6.45) is 0. The third-order valence-corrected chi connectivity index (χ3v) is 1.36. The smallest absolute Gasteiger partial charge is 0.358 e. The average Bonchev–Trinajstić information content (AvgIpc) is 2.50. The maximum Gasteiger partial charge on any atom is 0.358 e. The van der Waals surface area contributed by atoms with Gasteiger partial charge in [-0.2, -0.15) is 5.21 Å². The minimum absolute atomic E-state index is 0.183. The maximum absolute atomic E-state index is 11.3. The van der Waals surface area contributed by atoms with Crippen molar-refractivity contribution in [2.24, 2.45) is 0 Å². The van der Waals surface area contributed by atoms with Crippen molar-refractivity contribution in [3.05, 3.63) is 11.4 Å². The highest BCUT2D eigenvalue weighted by molar-refractivity contribution is 6.01. The molecule has 70 valence electrons. The fraction of sp³-hybridized carbons (Fsp3) is 0.333. The van der Waals surface area contributed by atoms with Gasteiger partial charge < -0.3 is 10.0 Å². The van der Waals surface area contributed by atoms with Gasteiger partial charge in [0.25, 0.3) is 5.91 Å². The van der Waals surface area contributed by atoms with E-state index in [2.05, 4.69) is 15.4 Å². The summed E-state index contributed by atoms with van der Waals surface area (Å²) in [4.78, 5) is 23.0. The third kappa shape index (κ3) is 1.63. The van der Waals surface area contributed by atoms with E-state index in [-0.39, 0.29) is 11.4 Å². The lowest BCUT2D eigenvalue weighted by atomic mass is 10.3. The van der Waals surface area contributed by atoms with Crippen molar-refractivity contribution in [1.29, 1.82) is 0 Å². The molecular weight excluding hydrogens is 176 g/mol. The van der Waals surface area contributed by atoms with Crippen LogP contribution in [0.2, 0.25) is 0 Å². The minimum Gasteiger partial charge on any atom is -0.476 e. The van der Waals surface area contributed by atoms with Crippen molar-refractivity contribution >= 4 is 11.9 Å². The van der Waals surface area contributed by atoms with E-state index in [0.29, 0.717) is 0 Å². The summed E-state index contributed by atoms with van der Waals surface area (Å²) >= 11 is 0.